The van der Waals surface area contributed by atoms with Gasteiger partial charge in [0.1, 0.15) is 0 Å². The van der Waals surface area contributed by atoms with E-state index in [0.29, 0.717) is 17.7 Å². The van der Waals surface area contributed by atoms with Crippen LogP contribution in [0.4, 0.5) is 21.0 Å². The summed E-state index contributed by atoms with van der Waals surface area (Å²) in [6.45, 7) is 5.14. The summed E-state index contributed by atoms with van der Waals surface area (Å²) in [5.74, 6) is -0.653. The number of carbonyl (C=O) groups is 4. The van der Waals surface area contributed by atoms with Gasteiger partial charge in [0.05, 0.1) is 54.9 Å². The molecule has 6 rings (SSSR count). The fourth-order valence-corrected chi connectivity index (χ4v) is 8.49. The van der Waals surface area contributed by atoms with Crippen molar-refractivity contribution in [2.45, 2.75) is 25.7 Å². The summed E-state index contributed by atoms with van der Waals surface area (Å²) in [7, 11) is -3.32. The molecule has 0 atom stereocenters. The molecule has 0 bridgehead atoms. The first-order valence-corrected chi connectivity index (χ1v) is 23.4. The molecule has 0 saturated carbocycles. The van der Waals surface area contributed by atoms with Crippen LogP contribution in [-0.2, 0) is 41.0 Å². The van der Waals surface area contributed by atoms with E-state index in [9.17, 15) is 36.0 Å². The molecule has 2 saturated heterocycles. The topological polar surface area (TPSA) is 177 Å². The van der Waals surface area contributed by atoms with Crippen LogP contribution in [0, 0.1) is 13.8 Å². The number of anilines is 2. The second-order valence-corrected chi connectivity index (χ2v) is 19.0. The second kappa shape index (κ2) is 21.7. The number of alkyl halides is 1. The van der Waals surface area contributed by atoms with E-state index >= 15 is 0 Å². The van der Waals surface area contributed by atoms with Crippen LogP contribution in [0.1, 0.15) is 43.0 Å². The number of urea groups is 2. The van der Waals surface area contributed by atoms with E-state index in [2.05, 4.69) is 26.0 Å². The summed E-state index contributed by atoms with van der Waals surface area (Å²) in [4.78, 5) is 52.4. The van der Waals surface area contributed by atoms with E-state index in [1.54, 1.807) is 46.2 Å². The number of ether oxygens (including phenoxy) is 2. The molecule has 1 N–H and O–H groups in total. The van der Waals surface area contributed by atoms with Gasteiger partial charge in [0, 0.05) is 42.9 Å². The highest BCUT2D eigenvalue weighted by molar-refractivity contribution is 9.08. The highest BCUT2D eigenvalue weighted by Crippen LogP contribution is 2.22. The molecule has 2 fully saturated rings. The number of esters is 2. The van der Waals surface area contributed by atoms with Gasteiger partial charge in [-0.1, -0.05) is 75.6 Å². The van der Waals surface area contributed by atoms with Crippen LogP contribution in [0.25, 0.3) is 0 Å². The van der Waals surface area contributed by atoms with Crippen molar-refractivity contribution in [2.75, 3.05) is 73.6 Å². The molecule has 59 heavy (non-hydrogen) atoms. The first-order chi connectivity index (χ1) is 28.0. The van der Waals surface area contributed by atoms with Crippen molar-refractivity contribution in [3.8, 4) is 0 Å². The normalized spacial score (nSPS) is 15.2. The average molecular weight is 914 g/mol. The highest BCUT2D eigenvalue weighted by atomic mass is 79.9. The minimum absolute atomic E-state index is 0.0195. The maximum atomic E-state index is 13.2. The van der Waals surface area contributed by atoms with E-state index in [0.717, 1.165) is 39.0 Å². The molecule has 4 aromatic rings. The first-order valence-electron chi connectivity index (χ1n) is 18.6. The number of aryl methyl sites for hydroxylation is 2. The van der Waals surface area contributed by atoms with E-state index < -0.39 is 25.6 Å². The zero-order chi connectivity index (χ0) is 43.2. The molecule has 316 valence electrons. The Bertz CT molecular complexity index is 2240. The zero-order valence-corrected chi connectivity index (χ0v) is 36.6. The minimum Gasteiger partial charge on any atom is -0.465 e. The van der Waals surface area contributed by atoms with E-state index in [4.69, 9.17) is 4.74 Å². The monoisotopic (exact) mass is 912 g/mol. The van der Waals surface area contributed by atoms with Gasteiger partial charge in [0.15, 0.2) is 19.7 Å². The fraction of sp³-hybridized carbons (Fsp3) is 0.333. The molecular formula is C42H49BrN4O10S2. The van der Waals surface area contributed by atoms with Gasteiger partial charge < -0.3 is 24.6 Å². The molecule has 2 heterocycles. The molecule has 2 aliphatic rings. The van der Waals surface area contributed by atoms with Crippen LogP contribution < -0.4 is 10.2 Å². The quantitative estimate of drug-likeness (QED) is 0.164. The number of benzene rings is 4. The molecule has 0 aliphatic carbocycles. The van der Waals surface area contributed by atoms with Gasteiger partial charge >= 0.3 is 24.0 Å². The lowest BCUT2D eigenvalue weighted by Gasteiger charge is -2.33. The molecular weight excluding hydrogens is 865 g/mol. The Kier molecular flexibility index (Phi) is 17.0. The van der Waals surface area contributed by atoms with Gasteiger partial charge in [-0.2, -0.15) is 0 Å². The van der Waals surface area contributed by atoms with Gasteiger partial charge in [-0.05, 0) is 73.5 Å². The second-order valence-electron chi connectivity index (χ2n) is 13.8. The summed E-state index contributed by atoms with van der Waals surface area (Å²) in [6, 6.07) is 28.8. The third kappa shape index (κ3) is 14.5. The Morgan fingerprint density at radius 2 is 1.02 bits per heavy atom. The Morgan fingerprint density at radius 1 is 0.610 bits per heavy atom. The van der Waals surface area contributed by atoms with Gasteiger partial charge in [-0.25, -0.2) is 36.0 Å². The maximum Gasteiger partial charge on any atom is 0.337 e. The Balaban J connectivity index is 0.000000217. The zero-order valence-electron chi connectivity index (χ0n) is 33.4. The number of hydrogen-bond acceptors (Lipinski definition) is 10. The van der Waals surface area contributed by atoms with Gasteiger partial charge in [-0.15, -0.1) is 0 Å². The number of halogens is 1. The van der Waals surface area contributed by atoms with Crippen molar-refractivity contribution in [3.63, 3.8) is 0 Å². The number of sulfone groups is 2. The van der Waals surface area contributed by atoms with Gasteiger partial charge in [-0.3, -0.25) is 4.90 Å². The maximum absolute atomic E-state index is 13.2. The third-order valence-corrected chi connectivity index (χ3v) is 13.2. The van der Waals surface area contributed by atoms with Crippen molar-refractivity contribution in [2.24, 2.45) is 0 Å². The fourth-order valence-electron chi connectivity index (χ4n) is 5.72. The number of hydrogen-bond donors (Lipinski definition) is 1. The lowest BCUT2D eigenvalue weighted by Crippen LogP contribution is -2.49. The molecule has 0 spiro atoms. The Hall–Kier alpha value is -5.26. The lowest BCUT2D eigenvalue weighted by atomic mass is 10.1. The molecule has 14 nitrogen and oxygen atoms in total. The van der Waals surface area contributed by atoms with Gasteiger partial charge in [0.2, 0.25) is 0 Å². The number of amides is 4. The van der Waals surface area contributed by atoms with Crippen molar-refractivity contribution >= 4 is 71.0 Å². The van der Waals surface area contributed by atoms with E-state index in [-0.39, 0.29) is 67.2 Å². The van der Waals surface area contributed by atoms with Crippen molar-refractivity contribution in [1.82, 2.24) is 9.80 Å². The molecule has 4 aromatic carbocycles. The number of nitrogens with zero attached hydrogens (tertiary/aromatic N) is 3. The summed E-state index contributed by atoms with van der Waals surface area (Å²) in [5.41, 5.74) is 6.65. The Labute approximate surface area is 354 Å². The number of rotatable bonds is 7. The van der Waals surface area contributed by atoms with Crippen molar-refractivity contribution in [3.05, 3.63) is 130 Å². The number of methoxy groups -OCH3 is 2. The van der Waals surface area contributed by atoms with Crippen LogP contribution in [0.15, 0.2) is 97.1 Å². The van der Waals surface area contributed by atoms with Crippen LogP contribution in [0.2, 0.25) is 0 Å². The van der Waals surface area contributed by atoms with E-state index in [1.165, 1.54) is 19.1 Å². The summed E-state index contributed by atoms with van der Waals surface area (Å²) < 4.78 is 55.2. The smallest absolute Gasteiger partial charge is 0.337 e. The summed E-state index contributed by atoms with van der Waals surface area (Å²) in [6.07, 6.45) is 0. The standard InChI is InChI=1S/C21H24N2O5S.C12H16N2O3S.C9H9BrO2/c1-16-3-9-19(10-4-16)23(21(25)22-11-13-29(26,27)14-12-22)15-17-5-7-18(8-6-17)20(24)28-2;1-10-2-4-11(5-3-10)13-12(15)14-6-8-18(16,17)9-7-14;1-12-9(11)8-4-2-7(6-10)3-5-8/h3-10H,11-15H2,1-2H3;2-5H,6-9H2,1H3,(H,13,15);2-5H,6H2,1H3. The lowest BCUT2D eigenvalue weighted by molar-refractivity contribution is 0.0592. The minimum atomic E-state index is -3.08. The first kappa shape index (κ1) is 46.4. The summed E-state index contributed by atoms with van der Waals surface area (Å²) in [5, 5.41) is 3.56. The molecule has 2 aliphatic heterocycles. The SMILES string of the molecule is COC(=O)c1ccc(CBr)cc1.COC(=O)c1ccc(CN(C(=O)N2CCS(=O)(=O)CC2)c2ccc(C)cc2)cc1.Cc1ccc(NC(=O)N2CCS(=O)(=O)CC2)cc1. The van der Waals surface area contributed by atoms with E-state index in [1.807, 2.05) is 74.5 Å². The van der Waals surface area contributed by atoms with Crippen molar-refractivity contribution < 1.29 is 45.5 Å². The molecule has 0 radical (unpaired) electrons. The number of nitrogens with one attached hydrogen (secondary N) is 1. The van der Waals surface area contributed by atoms with Crippen LogP contribution in [-0.4, -0.2) is 114 Å². The van der Waals surface area contributed by atoms with Gasteiger partial charge in [0.25, 0.3) is 0 Å². The predicted molar refractivity (Wildman–Crippen MR) is 232 cm³/mol. The molecule has 0 unspecified atom stereocenters. The third-order valence-electron chi connectivity index (χ3n) is 9.37. The van der Waals surface area contributed by atoms with Crippen LogP contribution in [0.3, 0.4) is 0 Å². The number of carbonyl (C=O) groups excluding carboxylic acids is 4. The molecule has 17 heteroatoms. The highest BCUT2D eigenvalue weighted by Gasteiger charge is 2.29. The van der Waals surface area contributed by atoms with Crippen molar-refractivity contribution in [1.29, 1.82) is 0 Å². The average Bonchev–Trinajstić information content (AvgIpc) is 3.24. The van der Waals surface area contributed by atoms with Crippen LogP contribution >= 0.6 is 15.9 Å². The summed E-state index contributed by atoms with van der Waals surface area (Å²) >= 11 is 3.32. The largest absolute Gasteiger partial charge is 0.465 e. The van der Waals surface area contributed by atoms with Crippen LogP contribution in [0.5, 0.6) is 0 Å². The molecule has 0 aromatic heterocycles. The molecule has 4 amide bonds. The predicted octanol–water partition coefficient (Wildman–Crippen LogP) is 6.26. The Morgan fingerprint density at radius 3 is 1.44 bits per heavy atom.